The Balaban J connectivity index is 4.58. The van der Waals surface area contributed by atoms with Crippen LogP contribution in [0.15, 0.2) is 146 Å². The molecule has 0 aliphatic rings. The van der Waals surface area contributed by atoms with E-state index in [1.54, 1.807) is 0 Å². The Morgan fingerprint density at radius 2 is 0.618 bits per heavy atom. The molecule has 0 radical (unpaired) electrons. The van der Waals surface area contributed by atoms with Crippen LogP contribution in [0, 0.1) is 0 Å². The number of allylic oxidation sites excluding steroid dienone is 24. The highest BCUT2D eigenvalue weighted by molar-refractivity contribution is 5.71. The van der Waals surface area contributed by atoms with Crippen LogP contribution < -0.4 is 0 Å². The lowest BCUT2D eigenvalue weighted by molar-refractivity contribution is -0.167. The zero-order chi connectivity index (χ0) is 49.3. The molecule has 6 heteroatoms. The van der Waals surface area contributed by atoms with E-state index < -0.39 is 6.10 Å². The van der Waals surface area contributed by atoms with E-state index in [0.717, 1.165) is 89.9 Å². The number of esters is 3. The Morgan fingerprint density at radius 3 is 1.01 bits per heavy atom. The van der Waals surface area contributed by atoms with Crippen LogP contribution >= 0.6 is 0 Å². The van der Waals surface area contributed by atoms with Gasteiger partial charge in [-0.25, -0.2) is 0 Å². The second-order valence-corrected chi connectivity index (χ2v) is 17.3. The molecule has 0 rings (SSSR count). The van der Waals surface area contributed by atoms with Gasteiger partial charge in [-0.15, -0.1) is 0 Å². The topological polar surface area (TPSA) is 78.9 Å². The Hall–Kier alpha value is -4.71. The van der Waals surface area contributed by atoms with Crippen molar-refractivity contribution in [3.05, 3.63) is 146 Å². The predicted molar refractivity (Wildman–Crippen MR) is 292 cm³/mol. The summed E-state index contributed by atoms with van der Waals surface area (Å²) in [6.45, 7) is 6.31. The highest BCUT2D eigenvalue weighted by Crippen LogP contribution is 2.13. The van der Waals surface area contributed by atoms with Crippen LogP contribution in [-0.4, -0.2) is 37.2 Å². The van der Waals surface area contributed by atoms with Crippen LogP contribution in [0.2, 0.25) is 0 Å². The highest BCUT2D eigenvalue weighted by atomic mass is 16.6. The molecule has 0 fully saturated rings. The summed E-state index contributed by atoms with van der Waals surface area (Å²) in [6.07, 6.45) is 78.2. The van der Waals surface area contributed by atoms with E-state index in [4.69, 9.17) is 14.2 Å². The van der Waals surface area contributed by atoms with Crippen molar-refractivity contribution in [1.29, 1.82) is 0 Å². The zero-order valence-electron chi connectivity index (χ0n) is 43.3. The smallest absolute Gasteiger partial charge is 0.306 e. The Bertz CT molecular complexity index is 1540. The lowest BCUT2D eigenvalue weighted by atomic mass is 10.1. The monoisotopic (exact) mass is 937 g/mol. The molecule has 0 saturated carbocycles. The third-order valence-electron chi connectivity index (χ3n) is 10.8. The highest BCUT2D eigenvalue weighted by Gasteiger charge is 2.19. The summed E-state index contributed by atoms with van der Waals surface area (Å²) in [7, 11) is 0. The summed E-state index contributed by atoms with van der Waals surface area (Å²) in [5, 5.41) is 0. The maximum atomic E-state index is 12.8. The standard InChI is InChI=1S/C62H96O6/c1-4-7-10-13-16-19-22-25-28-30-32-34-37-40-43-46-49-52-55-61(64)67-58-59(57-66-60(63)54-51-48-45-42-39-36-33-27-24-21-18-15-12-9-6-3)68-62(65)56-53-50-47-44-41-38-35-31-29-26-23-20-17-14-11-8-5-2/h8,10-11,13-14,16-17,19-26,28-32,34-35,38,41,59H,4-7,9,12,15,18,27,33,36-37,39-40,42-58H2,1-3H3/b11-8-,13-10-,17-14-,19-16-,23-20-,24-21-,25-22-,29-26-,30-28-,34-32-,35-31+,41-38-. The molecule has 0 aromatic carbocycles. The fraction of sp³-hybridized carbons (Fsp3) is 0.565. The second-order valence-electron chi connectivity index (χ2n) is 17.3. The average molecular weight is 937 g/mol. The van der Waals surface area contributed by atoms with Gasteiger partial charge in [0.1, 0.15) is 13.2 Å². The quantitative estimate of drug-likeness (QED) is 0.0199. The van der Waals surface area contributed by atoms with Crippen molar-refractivity contribution in [3.8, 4) is 0 Å². The Kier molecular flexibility index (Phi) is 51.1. The van der Waals surface area contributed by atoms with Gasteiger partial charge in [-0.05, 0) is 83.5 Å². The van der Waals surface area contributed by atoms with Crippen molar-refractivity contribution in [3.63, 3.8) is 0 Å². The van der Waals surface area contributed by atoms with Gasteiger partial charge < -0.3 is 14.2 Å². The molecule has 6 nitrogen and oxygen atoms in total. The van der Waals surface area contributed by atoms with E-state index in [1.807, 2.05) is 97.2 Å². The number of hydrogen-bond donors (Lipinski definition) is 0. The maximum absolute atomic E-state index is 12.8. The van der Waals surface area contributed by atoms with Gasteiger partial charge in [-0.3, -0.25) is 14.4 Å². The van der Waals surface area contributed by atoms with Gasteiger partial charge in [0.2, 0.25) is 0 Å². The van der Waals surface area contributed by atoms with Gasteiger partial charge >= 0.3 is 17.9 Å². The number of carbonyl (C=O) groups excluding carboxylic acids is 3. The van der Waals surface area contributed by atoms with Gasteiger partial charge in [0.05, 0.1) is 0 Å². The largest absolute Gasteiger partial charge is 0.462 e. The lowest BCUT2D eigenvalue weighted by Gasteiger charge is -2.18. The average Bonchev–Trinajstić information content (AvgIpc) is 3.34. The van der Waals surface area contributed by atoms with Gasteiger partial charge in [0, 0.05) is 19.3 Å². The van der Waals surface area contributed by atoms with Crippen molar-refractivity contribution < 1.29 is 28.6 Å². The first kappa shape index (κ1) is 63.3. The van der Waals surface area contributed by atoms with E-state index in [-0.39, 0.29) is 37.5 Å². The summed E-state index contributed by atoms with van der Waals surface area (Å²) in [4.78, 5) is 38.1. The molecule has 0 N–H and O–H groups in total. The molecule has 0 heterocycles. The number of rotatable bonds is 46. The first-order valence-corrected chi connectivity index (χ1v) is 27.0. The lowest BCUT2D eigenvalue weighted by Crippen LogP contribution is -2.30. The fourth-order valence-corrected chi connectivity index (χ4v) is 6.79. The molecule has 0 aliphatic heterocycles. The minimum atomic E-state index is -0.821. The first-order valence-electron chi connectivity index (χ1n) is 27.0. The molecular weight excluding hydrogens is 841 g/mol. The van der Waals surface area contributed by atoms with E-state index in [0.29, 0.717) is 19.3 Å². The summed E-state index contributed by atoms with van der Waals surface area (Å²) < 4.78 is 16.8. The van der Waals surface area contributed by atoms with E-state index in [2.05, 4.69) is 69.4 Å². The summed E-state index contributed by atoms with van der Waals surface area (Å²) >= 11 is 0. The fourth-order valence-electron chi connectivity index (χ4n) is 6.79. The molecule has 68 heavy (non-hydrogen) atoms. The van der Waals surface area contributed by atoms with Gasteiger partial charge in [-0.2, -0.15) is 0 Å². The third-order valence-corrected chi connectivity index (χ3v) is 10.8. The molecule has 380 valence electrons. The van der Waals surface area contributed by atoms with Crippen molar-refractivity contribution in [2.45, 2.75) is 213 Å². The Labute approximate surface area is 417 Å². The molecule has 0 spiro atoms. The van der Waals surface area contributed by atoms with Gasteiger partial charge in [0.15, 0.2) is 6.10 Å². The predicted octanol–water partition coefficient (Wildman–Crippen LogP) is 18.0. The third kappa shape index (κ3) is 52.3. The van der Waals surface area contributed by atoms with Crippen LogP contribution in [0.4, 0.5) is 0 Å². The minimum absolute atomic E-state index is 0.113. The molecule has 0 aliphatic carbocycles. The summed E-state index contributed by atoms with van der Waals surface area (Å²) in [5.74, 6) is -0.996. The van der Waals surface area contributed by atoms with Crippen LogP contribution in [0.1, 0.15) is 207 Å². The molecule has 0 aromatic rings. The number of unbranched alkanes of at least 4 members (excludes halogenated alkanes) is 20. The number of carbonyl (C=O) groups is 3. The summed E-state index contributed by atoms with van der Waals surface area (Å²) in [6, 6.07) is 0. The summed E-state index contributed by atoms with van der Waals surface area (Å²) in [5.41, 5.74) is 0. The van der Waals surface area contributed by atoms with Crippen LogP contribution in [-0.2, 0) is 28.6 Å². The zero-order valence-corrected chi connectivity index (χ0v) is 43.3. The van der Waals surface area contributed by atoms with Crippen LogP contribution in [0.5, 0.6) is 0 Å². The molecule has 0 saturated heterocycles. The van der Waals surface area contributed by atoms with E-state index in [9.17, 15) is 14.4 Å². The molecule has 0 amide bonds. The van der Waals surface area contributed by atoms with Crippen LogP contribution in [0.25, 0.3) is 0 Å². The van der Waals surface area contributed by atoms with Gasteiger partial charge in [0.25, 0.3) is 0 Å². The van der Waals surface area contributed by atoms with Crippen molar-refractivity contribution in [2.75, 3.05) is 13.2 Å². The SMILES string of the molecule is CC\C=C/C=C\C=C/C=C\C=C\C=C/CCCCCC(=O)OC(COC(=O)CCCCCCC\C=C/C=C\C=C/C=C\C=C/CCC)COC(=O)CCCCCCCCC/C=C\CCCCCC. The maximum Gasteiger partial charge on any atom is 0.306 e. The van der Waals surface area contributed by atoms with E-state index in [1.165, 1.54) is 70.6 Å². The van der Waals surface area contributed by atoms with Crippen LogP contribution in [0.3, 0.4) is 0 Å². The Morgan fingerprint density at radius 1 is 0.309 bits per heavy atom. The van der Waals surface area contributed by atoms with Crippen molar-refractivity contribution >= 4 is 17.9 Å². The molecule has 1 atom stereocenters. The van der Waals surface area contributed by atoms with Gasteiger partial charge in [-0.1, -0.05) is 250 Å². The van der Waals surface area contributed by atoms with Crippen molar-refractivity contribution in [1.82, 2.24) is 0 Å². The molecule has 0 aromatic heterocycles. The van der Waals surface area contributed by atoms with Crippen molar-refractivity contribution in [2.24, 2.45) is 0 Å². The van der Waals surface area contributed by atoms with E-state index >= 15 is 0 Å². The normalized spacial score (nSPS) is 13.3. The second kappa shape index (κ2) is 54.9. The number of ether oxygens (including phenoxy) is 3. The number of hydrogen-bond acceptors (Lipinski definition) is 6. The molecule has 0 bridgehead atoms. The minimum Gasteiger partial charge on any atom is -0.462 e. The first-order chi connectivity index (χ1) is 33.5. The molecular formula is C62H96O6. The molecule has 1 unspecified atom stereocenters.